The van der Waals surface area contributed by atoms with Gasteiger partial charge in [0.2, 0.25) is 16.0 Å². The number of sulfonamides is 1. The maximum absolute atomic E-state index is 14.4. The number of nitrogens with zero attached hydrogens (tertiary/aromatic N) is 4. The van der Waals surface area contributed by atoms with E-state index in [1.54, 1.807) is 0 Å². The zero-order valence-corrected chi connectivity index (χ0v) is 17.8. The van der Waals surface area contributed by atoms with Crippen molar-refractivity contribution in [1.29, 1.82) is 0 Å². The number of benzene rings is 2. The van der Waals surface area contributed by atoms with Crippen LogP contribution in [0.3, 0.4) is 0 Å². The number of nitrogens with one attached hydrogen (secondary N) is 1. The zero-order chi connectivity index (χ0) is 23.2. The number of likely N-dealkylation sites (N-methyl/N-ethyl adjacent to an activating group) is 2. The number of fused-ring (bicyclic) bond motifs is 1. The Morgan fingerprint density at radius 2 is 1.69 bits per heavy atom. The standard InChI is InChI=1S/C20H18F2N6O3S/c1-27-15-10-24-20(25-11-6-8-12(9-7-11)32(23,30)31)26-18(15)28(2)17(19(27)29)16-13(21)4-3-5-14(16)22/h3-10,17H,1-2H3,(H2,23,30,31)(H,24,25,26)/t17-/m0/s1. The van der Waals surface area contributed by atoms with Gasteiger partial charge in [-0.05, 0) is 36.4 Å². The fraction of sp³-hybridized carbons (Fsp3) is 0.150. The third-order valence-corrected chi connectivity index (χ3v) is 6.04. The first-order valence-corrected chi connectivity index (χ1v) is 10.8. The summed E-state index contributed by atoms with van der Waals surface area (Å²) in [6.45, 7) is 0. The van der Waals surface area contributed by atoms with Crippen LogP contribution in [0, 0.1) is 11.6 Å². The molecule has 1 amide bonds. The van der Waals surface area contributed by atoms with Crippen molar-refractivity contribution in [3.05, 3.63) is 65.9 Å². The molecule has 0 saturated heterocycles. The number of primary sulfonamides is 1. The molecule has 9 nitrogen and oxygen atoms in total. The summed E-state index contributed by atoms with van der Waals surface area (Å²) in [4.78, 5) is 24.1. The normalized spacial score (nSPS) is 16.2. The third-order valence-electron chi connectivity index (χ3n) is 5.11. The predicted octanol–water partition coefficient (Wildman–Crippen LogP) is 2.30. The van der Waals surface area contributed by atoms with Crippen LogP contribution in [0.4, 0.5) is 31.9 Å². The molecule has 0 unspecified atom stereocenters. The molecule has 1 aromatic heterocycles. The lowest BCUT2D eigenvalue weighted by Gasteiger charge is -2.38. The van der Waals surface area contributed by atoms with Gasteiger partial charge in [-0.1, -0.05) is 6.07 Å². The van der Waals surface area contributed by atoms with Gasteiger partial charge in [-0.2, -0.15) is 4.98 Å². The Balaban J connectivity index is 1.70. The van der Waals surface area contributed by atoms with Gasteiger partial charge in [0.25, 0.3) is 5.91 Å². The van der Waals surface area contributed by atoms with Crippen molar-refractivity contribution in [2.45, 2.75) is 10.9 Å². The lowest BCUT2D eigenvalue weighted by molar-refractivity contribution is -0.120. The van der Waals surface area contributed by atoms with Gasteiger partial charge in [0, 0.05) is 19.8 Å². The number of nitrogens with two attached hydrogens (primary N) is 1. The molecule has 4 rings (SSSR count). The van der Waals surface area contributed by atoms with Crippen molar-refractivity contribution in [2.24, 2.45) is 5.14 Å². The molecule has 166 valence electrons. The fourth-order valence-electron chi connectivity index (χ4n) is 3.46. The number of aromatic nitrogens is 2. The van der Waals surface area contributed by atoms with E-state index in [9.17, 15) is 22.0 Å². The minimum absolute atomic E-state index is 0.0518. The number of hydrogen-bond donors (Lipinski definition) is 2. The first-order valence-electron chi connectivity index (χ1n) is 9.29. The summed E-state index contributed by atoms with van der Waals surface area (Å²) in [6, 6.07) is 7.77. The molecular weight excluding hydrogens is 442 g/mol. The Morgan fingerprint density at radius 1 is 1.06 bits per heavy atom. The maximum Gasteiger partial charge on any atom is 0.254 e. The number of halogens is 2. The lowest BCUT2D eigenvalue weighted by Crippen LogP contribution is -2.46. The molecule has 12 heteroatoms. The van der Waals surface area contributed by atoms with Gasteiger partial charge in [-0.15, -0.1) is 0 Å². The first-order chi connectivity index (χ1) is 15.1. The largest absolute Gasteiger partial charge is 0.342 e. The highest BCUT2D eigenvalue weighted by atomic mass is 32.2. The quantitative estimate of drug-likeness (QED) is 0.613. The molecule has 32 heavy (non-hydrogen) atoms. The van der Waals surface area contributed by atoms with E-state index in [0.717, 1.165) is 12.1 Å². The number of carbonyl (C=O) groups is 1. The molecule has 0 spiro atoms. The highest BCUT2D eigenvalue weighted by molar-refractivity contribution is 7.89. The third kappa shape index (κ3) is 3.74. The van der Waals surface area contributed by atoms with Crippen molar-refractivity contribution in [1.82, 2.24) is 9.97 Å². The summed E-state index contributed by atoms with van der Waals surface area (Å²) in [5, 5.41) is 8.01. The molecule has 1 aliphatic rings. The second kappa shape index (κ2) is 7.80. The summed E-state index contributed by atoms with van der Waals surface area (Å²) < 4.78 is 51.7. The van der Waals surface area contributed by atoms with Crippen molar-refractivity contribution >= 4 is 39.1 Å². The first kappa shape index (κ1) is 21.6. The van der Waals surface area contributed by atoms with Crippen LogP contribution in [-0.2, 0) is 14.8 Å². The number of amides is 1. The number of carbonyl (C=O) groups excluding carboxylic acids is 1. The van der Waals surface area contributed by atoms with Crippen molar-refractivity contribution in [3.8, 4) is 0 Å². The van der Waals surface area contributed by atoms with E-state index in [-0.39, 0.29) is 22.2 Å². The van der Waals surface area contributed by atoms with Crippen LogP contribution in [0.25, 0.3) is 0 Å². The van der Waals surface area contributed by atoms with Crippen molar-refractivity contribution < 1.29 is 22.0 Å². The van der Waals surface area contributed by atoms with Crippen LogP contribution in [-0.4, -0.2) is 38.4 Å². The molecule has 2 aromatic carbocycles. The molecule has 1 atom stereocenters. The summed E-state index contributed by atoms with van der Waals surface area (Å²) in [7, 11) is -0.841. The Morgan fingerprint density at radius 3 is 2.28 bits per heavy atom. The second-order valence-corrected chi connectivity index (χ2v) is 8.70. The molecule has 3 aromatic rings. The summed E-state index contributed by atoms with van der Waals surface area (Å²) in [6.07, 6.45) is 1.41. The van der Waals surface area contributed by atoms with Crippen molar-refractivity contribution in [2.75, 3.05) is 29.2 Å². The number of anilines is 4. The Bertz CT molecular complexity index is 1300. The average molecular weight is 460 g/mol. The van der Waals surface area contributed by atoms with Gasteiger partial charge >= 0.3 is 0 Å². The van der Waals surface area contributed by atoms with Gasteiger partial charge in [-0.25, -0.2) is 27.3 Å². The van der Waals surface area contributed by atoms with E-state index in [1.807, 2.05) is 0 Å². The highest BCUT2D eigenvalue weighted by Gasteiger charge is 2.40. The highest BCUT2D eigenvalue weighted by Crippen LogP contribution is 2.40. The predicted molar refractivity (Wildman–Crippen MR) is 114 cm³/mol. The molecule has 0 aliphatic carbocycles. The molecule has 0 bridgehead atoms. The zero-order valence-electron chi connectivity index (χ0n) is 17.0. The van der Waals surface area contributed by atoms with Crippen LogP contribution >= 0.6 is 0 Å². The number of rotatable bonds is 4. The van der Waals surface area contributed by atoms with Gasteiger partial charge in [0.05, 0.1) is 16.7 Å². The van der Waals surface area contributed by atoms with Gasteiger partial charge in [0.1, 0.15) is 23.4 Å². The minimum Gasteiger partial charge on any atom is -0.342 e. The number of hydrogen-bond acceptors (Lipinski definition) is 7. The van der Waals surface area contributed by atoms with E-state index >= 15 is 0 Å². The van der Waals surface area contributed by atoms with Crippen molar-refractivity contribution in [3.63, 3.8) is 0 Å². The van der Waals surface area contributed by atoms with Gasteiger partial charge < -0.3 is 15.1 Å². The summed E-state index contributed by atoms with van der Waals surface area (Å²) >= 11 is 0. The second-order valence-electron chi connectivity index (χ2n) is 7.14. The topological polar surface area (TPSA) is 122 Å². The van der Waals surface area contributed by atoms with Crippen LogP contribution < -0.4 is 20.3 Å². The maximum atomic E-state index is 14.4. The average Bonchev–Trinajstić information content (AvgIpc) is 2.74. The Labute approximate surface area is 182 Å². The lowest BCUT2D eigenvalue weighted by atomic mass is 10.0. The van der Waals surface area contributed by atoms with Gasteiger partial charge in [0.15, 0.2) is 5.82 Å². The molecule has 0 radical (unpaired) electrons. The smallest absolute Gasteiger partial charge is 0.254 e. The summed E-state index contributed by atoms with van der Waals surface area (Å²) in [5.74, 6) is -1.80. The Hall–Kier alpha value is -3.64. The van der Waals surface area contributed by atoms with Crippen LogP contribution in [0.5, 0.6) is 0 Å². The van der Waals surface area contributed by atoms with Crippen LogP contribution in [0.1, 0.15) is 11.6 Å². The van der Waals surface area contributed by atoms with E-state index < -0.39 is 33.6 Å². The van der Waals surface area contributed by atoms with E-state index in [1.165, 1.54) is 60.4 Å². The summed E-state index contributed by atoms with van der Waals surface area (Å²) in [5.41, 5.74) is 0.474. The molecule has 0 fully saturated rings. The molecule has 0 saturated carbocycles. The minimum atomic E-state index is -3.83. The molecular formula is C20H18F2N6O3S. The Kier molecular flexibility index (Phi) is 5.26. The SMILES string of the molecule is CN1C(=O)[C@H](c2c(F)cccc2F)N(C)c2nc(Nc3ccc(S(N)(=O)=O)cc3)ncc21. The molecule has 1 aliphatic heterocycles. The van der Waals surface area contributed by atoms with E-state index in [4.69, 9.17) is 5.14 Å². The molecule has 3 N–H and O–H groups in total. The van der Waals surface area contributed by atoms with E-state index in [2.05, 4.69) is 15.3 Å². The van der Waals surface area contributed by atoms with Crippen LogP contribution in [0.2, 0.25) is 0 Å². The van der Waals surface area contributed by atoms with Crippen LogP contribution in [0.15, 0.2) is 53.6 Å². The molecule has 2 heterocycles. The monoisotopic (exact) mass is 460 g/mol. The fourth-order valence-corrected chi connectivity index (χ4v) is 3.97. The van der Waals surface area contributed by atoms with E-state index in [0.29, 0.717) is 11.4 Å². The van der Waals surface area contributed by atoms with Gasteiger partial charge in [-0.3, -0.25) is 4.79 Å².